The number of nitrogen functional groups attached to an aromatic ring is 2. The molecule has 0 aromatic heterocycles. The van der Waals surface area contributed by atoms with Crippen LogP contribution in [-0.4, -0.2) is 36.1 Å². The van der Waals surface area contributed by atoms with Crippen LogP contribution in [-0.2, 0) is 10.1 Å². The van der Waals surface area contributed by atoms with Crippen molar-refractivity contribution in [1.29, 1.82) is 0 Å². The summed E-state index contributed by atoms with van der Waals surface area (Å²) in [6.45, 7) is 0. The van der Waals surface area contributed by atoms with Crippen LogP contribution >= 0.6 is 0 Å². The van der Waals surface area contributed by atoms with Crippen molar-refractivity contribution in [3.05, 3.63) is 111 Å². The highest BCUT2D eigenvalue weighted by molar-refractivity contribution is 7.86. The second kappa shape index (κ2) is 7.78. The van der Waals surface area contributed by atoms with E-state index in [1.807, 2.05) is 0 Å². The van der Waals surface area contributed by atoms with Gasteiger partial charge in [-0.05, 0) is 17.7 Å². The summed E-state index contributed by atoms with van der Waals surface area (Å²) in [6, 6.07) is 15.5. The largest absolute Gasteiger partial charge is 0.398 e. The number of carbonyl (C=O) groups excluding carboxylic acids is 4. The quantitative estimate of drug-likeness (QED) is 0.227. The molecule has 2 aliphatic rings. The molecule has 38 heavy (non-hydrogen) atoms. The molecule has 4 aromatic carbocycles. The Balaban J connectivity index is 1.79. The number of hydrogen-bond acceptors (Lipinski definition) is 8. The van der Waals surface area contributed by atoms with Crippen molar-refractivity contribution in [3.63, 3.8) is 0 Å². The average Bonchev–Trinajstić information content (AvgIpc) is 2.89. The number of ketones is 4. The van der Waals surface area contributed by atoms with E-state index in [0.717, 1.165) is 6.07 Å². The number of carbonyl (C=O) groups is 4. The highest BCUT2D eigenvalue weighted by Gasteiger charge is 2.40. The fourth-order valence-electron chi connectivity index (χ4n) is 5.23. The molecule has 4 aromatic rings. The number of benzene rings is 4. The van der Waals surface area contributed by atoms with Gasteiger partial charge in [-0.15, -0.1) is 0 Å². The van der Waals surface area contributed by atoms with E-state index in [1.165, 1.54) is 42.5 Å². The highest BCUT2D eigenvalue weighted by atomic mass is 32.2. The molecule has 5 N–H and O–H groups in total. The lowest BCUT2D eigenvalue weighted by Crippen LogP contribution is -2.26. The minimum absolute atomic E-state index is 0.00445. The molecule has 0 aliphatic heterocycles. The maximum Gasteiger partial charge on any atom is 0.295 e. The first kappa shape index (κ1) is 23.5. The van der Waals surface area contributed by atoms with Gasteiger partial charge < -0.3 is 11.5 Å². The van der Waals surface area contributed by atoms with Crippen LogP contribution in [0.1, 0.15) is 63.7 Å². The molecule has 10 heteroatoms. The van der Waals surface area contributed by atoms with Gasteiger partial charge >= 0.3 is 0 Å². The Morgan fingerprint density at radius 2 is 0.921 bits per heavy atom. The van der Waals surface area contributed by atoms with Crippen molar-refractivity contribution in [2.45, 2.75) is 4.90 Å². The zero-order valence-electron chi connectivity index (χ0n) is 19.3. The van der Waals surface area contributed by atoms with Gasteiger partial charge in [0.05, 0.1) is 11.1 Å². The van der Waals surface area contributed by atoms with Crippen molar-refractivity contribution < 1.29 is 32.1 Å². The molecule has 0 radical (unpaired) electrons. The number of rotatable bonds is 2. The standard InChI is InChI=1S/C28H16N2O7S/c29-17-10-9-16(21-22(17)26(32)13-6-2-1-5-12(13)25(21)31)20-19(38(35,36)37)11-18(30)23-24(20)28(34)15-8-4-3-7-14(15)27(23)33/h1-11H,29-30H2,(H,35,36,37). The molecule has 6 rings (SSSR count). The third-order valence-corrected chi connectivity index (χ3v) is 7.73. The minimum atomic E-state index is -5.06. The van der Waals surface area contributed by atoms with E-state index in [-0.39, 0.29) is 55.9 Å². The molecule has 0 spiro atoms. The minimum Gasteiger partial charge on any atom is -0.398 e. The fourth-order valence-corrected chi connectivity index (χ4v) is 5.97. The number of fused-ring (bicyclic) bond motifs is 4. The van der Waals surface area contributed by atoms with Gasteiger partial charge in [0, 0.05) is 50.3 Å². The summed E-state index contributed by atoms with van der Waals surface area (Å²) in [5.74, 6) is -2.57. The van der Waals surface area contributed by atoms with Gasteiger partial charge in [0.25, 0.3) is 10.1 Å². The van der Waals surface area contributed by atoms with Crippen LogP contribution < -0.4 is 11.5 Å². The van der Waals surface area contributed by atoms with E-state index in [2.05, 4.69) is 0 Å². The zero-order valence-corrected chi connectivity index (χ0v) is 20.1. The Morgan fingerprint density at radius 1 is 0.500 bits per heavy atom. The van der Waals surface area contributed by atoms with E-state index < -0.39 is 49.3 Å². The van der Waals surface area contributed by atoms with E-state index >= 15 is 0 Å². The van der Waals surface area contributed by atoms with Crippen LogP contribution in [0, 0.1) is 0 Å². The number of hydrogen-bond donors (Lipinski definition) is 3. The molecule has 0 saturated heterocycles. The van der Waals surface area contributed by atoms with Crippen LogP contribution in [0.5, 0.6) is 0 Å². The fraction of sp³-hybridized carbons (Fsp3) is 0. The Bertz CT molecular complexity index is 1940. The van der Waals surface area contributed by atoms with Gasteiger partial charge in [-0.2, -0.15) is 8.42 Å². The van der Waals surface area contributed by atoms with Crippen molar-refractivity contribution in [3.8, 4) is 11.1 Å². The average molecular weight is 525 g/mol. The van der Waals surface area contributed by atoms with Gasteiger partial charge in [-0.3, -0.25) is 23.7 Å². The summed E-state index contributed by atoms with van der Waals surface area (Å²) in [7, 11) is -5.06. The van der Waals surface area contributed by atoms with Crippen molar-refractivity contribution in [2.75, 3.05) is 11.5 Å². The lowest BCUT2D eigenvalue weighted by molar-refractivity contribution is 0.0978. The number of anilines is 2. The molecule has 186 valence electrons. The van der Waals surface area contributed by atoms with Crippen LogP contribution in [0.4, 0.5) is 11.4 Å². The van der Waals surface area contributed by atoms with Crippen molar-refractivity contribution in [1.82, 2.24) is 0 Å². The summed E-state index contributed by atoms with van der Waals surface area (Å²) in [5.41, 5.74) is 10.4. The molecule has 0 atom stereocenters. The monoisotopic (exact) mass is 524 g/mol. The van der Waals surface area contributed by atoms with E-state index in [9.17, 15) is 32.1 Å². The van der Waals surface area contributed by atoms with Crippen LogP contribution in [0.2, 0.25) is 0 Å². The Morgan fingerprint density at radius 3 is 1.39 bits per heavy atom. The maximum absolute atomic E-state index is 13.8. The summed E-state index contributed by atoms with van der Waals surface area (Å²) < 4.78 is 35.4. The first-order valence-corrected chi connectivity index (χ1v) is 12.7. The Labute approximate surface area is 215 Å². The third-order valence-electron chi connectivity index (χ3n) is 6.85. The molecular weight excluding hydrogens is 508 g/mol. The SMILES string of the molecule is Nc1ccc(-c2c(S(=O)(=O)O)cc(N)c3c2C(=O)c2ccccc2C3=O)c2c1C(=O)c1ccccc1C2=O. The van der Waals surface area contributed by atoms with Gasteiger partial charge in [0.1, 0.15) is 4.90 Å². The summed E-state index contributed by atoms with van der Waals surface area (Å²) in [4.78, 5) is 53.6. The highest BCUT2D eigenvalue weighted by Crippen LogP contribution is 2.45. The molecule has 0 amide bonds. The first-order valence-electron chi connectivity index (χ1n) is 11.3. The number of nitrogens with two attached hydrogens (primary N) is 2. The molecule has 0 bridgehead atoms. The normalized spacial score (nSPS) is 14.0. The molecule has 0 saturated carbocycles. The summed E-state index contributed by atoms with van der Waals surface area (Å²) in [6.07, 6.45) is 0. The third kappa shape index (κ3) is 3.04. The molecule has 0 unspecified atom stereocenters. The van der Waals surface area contributed by atoms with Crippen LogP contribution in [0.25, 0.3) is 11.1 Å². The topological polar surface area (TPSA) is 175 Å². The zero-order chi connectivity index (χ0) is 27.1. The lowest BCUT2D eigenvalue weighted by Gasteiger charge is -2.26. The molecule has 0 heterocycles. The van der Waals surface area contributed by atoms with Crippen molar-refractivity contribution >= 4 is 44.6 Å². The van der Waals surface area contributed by atoms with Gasteiger partial charge in [-0.25, -0.2) is 0 Å². The summed E-state index contributed by atoms with van der Waals surface area (Å²) >= 11 is 0. The van der Waals surface area contributed by atoms with Crippen molar-refractivity contribution in [2.24, 2.45) is 0 Å². The second-order valence-electron chi connectivity index (χ2n) is 8.92. The Kier molecular flexibility index (Phi) is 4.81. The predicted molar refractivity (Wildman–Crippen MR) is 137 cm³/mol. The van der Waals surface area contributed by atoms with E-state index in [4.69, 9.17) is 11.5 Å². The van der Waals surface area contributed by atoms with Crippen LogP contribution in [0.3, 0.4) is 0 Å². The predicted octanol–water partition coefficient (Wildman–Crippen LogP) is 3.32. The molecule has 0 fully saturated rings. The Hall–Kier alpha value is -4.93. The van der Waals surface area contributed by atoms with Gasteiger partial charge in [0.2, 0.25) is 0 Å². The molecule has 2 aliphatic carbocycles. The van der Waals surface area contributed by atoms with Gasteiger partial charge in [0.15, 0.2) is 23.1 Å². The van der Waals surface area contributed by atoms with E-state index in [1.54, 1.807) is 18.2 Å². The second-order valence-corrected chi connectivity index (χ2v) is 10.3. The molecular formula is C28H16N2O7S. The van der Waals surface area contributed by atoms with Gasteiger partial charge in [-0.1, -0.05) is 54.6 Å². The first-order chi connectivity index (χ1) is 18.0. The van der Waals surface area contributed by atoms with Crippen LogP contribution in [0.15, 0.2) is 71.6 Å². The molecule has 9 nitrogen and oxygen atoms in total. The lowest BCUT2D eigenvalue weighted by atomic mass is 9.75. The maximum atomic E-state index is 13.8. The smallest absolute Gasteiger partial charge is 0.295 e. The van der Waals surface area contributed by atoms with E-state index in [0.29, 0.717) is 0 Å². The summed E-state index contributed by atoms with van der Waals surface area (Å²) in [5, 5.41) is 0.